The summed E-state index contributed by atoms with van der Waals surface area (Å²) in [6, 6.07) is 0. The van der Waals surface area contributed by atoms with Crippen LogP contribution in [0, 0.1) is 0 Å². The number of hydrogen-bond acceptors (Lipinski definition) is 4. The van der Waals surface area contributed by atoms with Crippen LogP contribution in [-0.4, -0.2) is 43.3 Å². The monoisotopic (exact) mass is 304 g/mol. The van der Waals surface area contributed by atoms with Crippen LogP contribution in [0.1, 0.15) is 52.9 Å². The van der Waals surface area contributed by atoms with Crippen LogP contribution in [0.3, 0.4) is 0 Å². The fourth-order valence-corrected chi connectivity index (χ4v) is 2.19. The molecule has 4 nitrogen and oxygen atoms in total. The molecule has 0 unspecified atom stereocenters. The molecule has 0 fully saturated rings. The van der Waals surface area contributed by atoms with Crippen molar-refractivity contribution in [2.75, 3.05) is 31.6 Å². The maximum Gasteiger partial charge on any atom is 0.407 e. The van der Waals surface area contributed by atoms with Crippen LogP contribution in [0.4, 0.5) is 4.79 Å². The van der Waals surface area contributed by atoms with Gasteiger partial charge < -0.3 is 15.4 Å². The van der Waals surface area contributed by atoms with Gasteiger partial charge in [-0.2, -0.15) is 11.8 Å². The number of rotatable bonds is 11. The van der Waals surface area contributed by atoms with Gasteiger partial charge in [0.2, 0.25) is 0 Å². The molecule has 5 heteroatoms. The summed E-state index contributed by atoms with van der Waals surface area (Å²) in [7, 11) is 0. The van der Waals surface area contributed by atoms with Crippen LogP contribution in [0.15, 0.2) is 0 Å². The van der Waals surface area contributed by atoms with E-state index >= 15 is 0 Å². The number of alkyl carbamates (subject to hydrolysis) is 1. The molecule has 0 radical (unpaired) electrons. The van der Waals surface area contributed by atoms with E-state index in [1.165, 1.54) is 31.4 Å². The average molecular weight is 305 g/mol. The fourth-order valence-electron chi connectivity index (χ4n) is 1.69. The van der Waals surface area contributed by atoms with Gasteiger partial charge in [0.1, 0.15) is 5.60 Å². The van der Waals surface area contributed by atoms with Crippen molar-refractivity contribution >= 4 is 17.9 Å². The van der Waals surface area contributed by atoms with Gasteiger partial charge in [0.25, 0.3) is 0 Å². The number of carbonyl (C=O) groups excluding carboxylic acids is 1. The zero-order chi connectivity index (χ0) is 15.3. The first-order valence-electron chi connectivity index (χ1n) is 7.62. The molecule has 0 spiro atoms. The Morgan fingerprint density at radius 3 is 2.30 bits per heavy atom. The van der Waals surface area contributed by atoms with E-state index in [4.69, 9.17) is 4.74 Å². The van der Waals surface area contributed by atoms with Crippen molar-refractivity contribution in [3.63, 3.8) is 0 Å². The van der Waals surface area contributed by atoms with E-state index in [1.807, 2.05) is 32.5 Å². The molecule has 0 rings (SSSR count). The molecular formula is C15H32N2O2S. The fraction of sp³-hybridized carbons (Fsp3) is 0.933. The zero-order valence-electron chi connectivity index (χ0n) is 13.6. The molecular weight excluding hydrogens is 272 g/mol. The lowest BCUT2D eigenvalue weighted by Gasteiger charge is -2.19. The zero-order valence-corrected chi connectivity index (χ0v) is 14.4. The molecule has 0 aromatic carbocycles. The Kier molecular flexibility index (Phi) is 12.1. The Labute approximate surface area is 128 Å². The van der Waals surface area contributed by atoms with Gasteiger partial charge in [0.15, 0.2) is 0 Å². The smallest absolute Gasteiger partial charge is 0.407 e. The molecule has 0 aliphatic rings. The second kappa shape index (κ2) is 12.3. The minimum atomic E-state index is -0.418. The second-order valence-electron chi connectivity index (χ2n) is 5.94. The van der Waals surface area contributed by atoms with Crippen molar-refractivity contribution in [3.05, 3.63) is 0 Å². The number of thioether (sulfide) groups is 1. The van der Waals surface area contributed by atoms with Gasteiger partial charge in [-0.3, -0.25) is 0 Å². The van der Waals surface area contributed by atoms with Gasteiger partial charge in [0, 0.05) is 6.54 Å². The summed E-state index contributed by atoms with van der Waals surface area (Å²) in [6.07, 6.45) is 7.99. The summed E-state index contributed by atoms with van der Waals surface area (Å²) in [4.78, 5) is 11.4. The Hall–Kier alpha value is -0.420. The summed E-state index contributed by atoms with van der Waals surface area (Å²) in [5, 5.41) is 6.16. The third-order valence-electron chi connectivity index (χ3n) is 2.65. The second-order valence-corrected chi connectivity index (χ2v) is 6.92. The quantitative estimate of drug-likeness (QED) is 0.574. The summed E-state index contributed by atoms with van der Waals surface area (Å²) < 4.78 is 5.16. The van der Waals surface area contributed by atoms with Crippen molar-refractivity contribution in [2.24, 2.45) is 0 Å². The number of hydrogen-bond donors (Lipinski definition) is 2. The van der Waals surface area contributed by atoms with E-state index in [0.29, 0.717) is 6.54 Å². The molecule has 2 N–H and O–H groups in total. The van der Waals surface area contributed by atoms with Crippen LogP contribution in [0.2, 0.25) is 0 Å². The Morgan fingerprint density at radius 1 is 1.00 bits per heavy atom. The standard InChI is InChI=1S/C15H32N2O2S/c1-15(2,3)19-14(18)17-12-9-11-16-10-7-5-6-8-13-20-4/h16H,5-13H2,1-4H3,(H,17,18). The topological polar surface area (TPSA) is 50.4 Å². The van der Waals surface area contributed by atoms with Crippen molar-refractivity contribution in [1.82, 2.24) is 10.6 Å². The van der Waals surface area contributed by atoms with Gasteiger partial charge in [-0.25, -0.2) is 4.79 Å². The normalized spacial score (nSPS) is 11.4. The molecule has 120 valence electrons. The summed E-state index contributed by atoms with van der Waals surface area (Å²) in [5.74, 6) is 1.28. The van der Waals surface area contributed by atoms with E-state index in [1.54, 1.807) is 0 Å². The molecule has 0 aliphatic carbocycles. The Morgan fingerprint density at radius 2 is 1.65 bits per heavy atom. The van der Waals surface area contributed by atoms with Gasteiger partial charge >= 0.3 is 6.09 Å². The number of amides is 1. The minimum Gasteiger partial charge on any atom is -0.444 e. The maximum atomic E-state index is 11.4. The SMILES string of the molecule is CSCCCCCCNCCCNC(=O)OC(C)(C)C. The molecule has 0 atom stereocenters. The van der Waals surface area contributed by atoms with Gasteiger partial charge in [-0.05, 0) is 65.1 Å². The Balaban J connectivity index is 3.19. The summed E-state index contributed by atoms with van der Waals surface area (Å²) in [5.41, 5.74) is -0.418. The molecule has 0 saturated carbocycles. The minimum absolute atomic E-state index is 0.328. The third kappa shape index (κ3) is 15.6. The lowest BCUT2D eigenvalue weighted by Crippen LogP contribution is -2.34. The lowest BCUT2D eigenvalue weighted by molar-refractivity contribution is 0.0527. The number of unbranched alkanes of at least 4 members (excludes halogenated alkanes) is 3. The van der Waals surface area contributed by atoms with Crippen molar-refractivity contribution in [3.8, 4) is 0 Å². The van der Waals surface area contributed by atoms with Gasteiger partial charge in [0.05, 0.1) is 0 Å². The van der Waals surface area contributed by atoms with E-state index in [9.17, 15) is 4.79 Å². The summed E-state index contributed by atoms with van der Waals surface area (Å²) >= 11 is 1.92. The van der Waals surface area contributed by atoms with Gasteiger partial charge in [-0.15, -0.1) is 0 Å². The first kappa shape index (κ1) is 19.6. The molecule has 0 bridgehead atoms. The Bertz CT molecular complexity index is 243. The van der Waals surface area contributed by atoms with E-state index in [0.717, 1.165) is 19.5 Å². The molecule has 1 amide bonds. The molecule has 0 aromatic rings. The number of ether oxygens (including phenoxy) is 1. The van der Waals surface area contributed by atoms with Crippen LogP contribution in [-0.2, 0) is 4.74 Å². The number of nitrogens with one attached hydrogen (secondary N) is 2. The highest BCUT2D eigenvalue weighted by Crippen LogP contribution is 2.06. The van der Waals surface area contributed by atoms with Crippen molar-refractivity contribution in [1.29, 1.82) is 0 Å². The van der Waals surface area contributed by atoms with E-state index in [-0.39, 0.29) is 6.09 Å². The third-order valence-corrected chi connectivity index (χ3v) is 3.35. The van der Waals surface area contributed by atoms with Crippen LogP contribution in [0.5, 0.6) is 0 Å². The van der Waals surface area contributed by atoms with Crippen molar-refractivity contribution < 1.29 is 9.53 Å². The van der Waals surface area contributed by atoms with Crippen molar-refractivity contribution in [2.45, 2.75) is 58.5 Å². The van der Waals surface area contributed by atoms with Crippen LogP contribution >= 0.6 is 11.8 Å². The highest BCUT2D eigenvalue weighted by Gasteiger charge is 2.15. The van der Waals surface area contributed by atoms with Crippen LogP contribution < -0.4 is 10.6 Å². The lowest BCUT2D eigenvalue weighted by atomic mass is 10.2. The highest BCUT2D eigenvalue weighted by atomic mass is 32.2. The average Bonchev–Trinajstić information content (AvgIpc) is 2.34. The molecule has 0 saturated heterocycles. The highest BCUT2D eigenvalue weighted by molar-refractivity contribution is 7.98. The molecule has 20 heavy (non-hydrogen) atoms. The van der Waals surface area contributed by atoms with E-state index < -0.39 is 5.60 Å². The summed E-state index contributed by atoms with van der Waals surface area (Å²) in [6.45, 7) is 8.29. The van der Waals surface area contributed by atoms with Gasteiger partial charge in [-0.1, -0.05) is 12.8 Å². The first-order chi connectivity index (χ1) is 9.45. The molecule has 0 aliphatic heterocycles. The molecule has 0 heterocycles. The first-order valence-corrected chi connectivity index (χ1v) is 9.01. The predicted octanol–water partition coefficient (Wildman–Crippen LogP) is 3.41. The van der Waals surface area contributed by atoms with Crippen LogP contribution in [0.25, 0.3) is 0 Å². The van der Waals surface area contributed by atoms with E-state index in [2.05, 4.69) is 16.9 Å². The maximum absolute atomic E-state index is 11.4. The largest absolute Gasteiger partial charge is 0.444 e. The predicted molar refractivity (Wildman–Crippen MR) is 88.6 cm³/mol. The molecule has 0 aromatic heterocycles. The number of carbonyl (C=O) groups is 1.